The first-order valence-electron chi connectivity index (χ1n) is 5.67. The molecule has 1 fully saturated rings. The molecular weight excluding hydrogens is 238 g/mol. The number of aliphatic carboxylic acids is 1. The topological polar surface area (TPSA) is 95.5 Å². The quantitative estimate of drug-likeness (QED) is 0.773. The lowest BCUT2D eigenvalue weighted by atomic mass is 10.1. The zero-order valence-electron chi connectivity index (χ0n) is 10.0. The van der Waals surface area contributed by atoms with Gasteiger partial charge in [-0.25, -0.2) is 4.98 Å². The van der Waals surface area contributed by atoms with E-state index in [4.69, 9.17) is 9.84 Å². The molecule has 1 unspecified atom stereocenters. The summed E-state index contributed by atoms with van der Waals surface area (Å²) in [5.74, 6) is -0.799. The molecule has 1 saturated heterocycles. The molecule has 0 aromatic carbocycles. The summed E-state index contributed by atoms with van der Waals surface area (Å²) in [4.78, 5) is 31.0. The molecule has 2 rings (SSSR count). The van der Waals surface area contributed by atoms with Crippen LogP contribution in [-0.2, 0) is 16.1 Å². The second-order valence-corrected chi connectivity index (χ2v) is 4.26. The highest BCUT2D eigenvalue weighted by atomic mass is 16.5. The van der Waals surface area contributed by atoms with Gasteiger partial charge in [-0.2, -0.15) is 0 Å². The van der Waals surface area contributed by atoms with Crippen LogP contribution in [0.4, 0.5) is 5.95 Å². The van der Waals surface area contributed by atoms with Crippen molar-refractivity contribution in [3.63, 3.8) is 0 Å². The fourth-order valence-corrected chi connectivity index (χ4v) is 2.02. The number of H-pyrrole nitrogens is 1. The van der Waals surface area contributed by atoms with Crippen LogP contribution in [0, 0.1) is 5.92 Å². The van der Waals surface area contributed by atoms with E-state index in [0.29, 0.717) is 31.2 Å². The maximum Gasteiger partial charge on any atom is 0.308 e. The lowest BCUT2D eigenvalue weighted by Crippen LogP contribution is -2.27. The number of carboxylic acids is 1. The van der Waals surface area contributed by atoms with E-state index < -0.39 is 11.9 Å². The molecule has 1 aromatic heterocycles. The van der Waals surface area contributed by atoms with Crippen molar-refractivity contribution in [3.8, 4) is 0 Å². The van der Waals surface area contributed by atoms with Crippen LogP contribution in [0.15, 0.2) is 10.9 Å². The summed E-state index contributed by atoms with van der Waals surface area (Å²) in [6, 6.07) is 1.37. The zero-order chi connectivity index (χ0) is 13.1. The van der Waals surface area contributed by atoms with Gasteiger partial charge in [-0.1, -0.05) is 0 Å². The molecule has 1 aliphatic heterocycles. The Hall–Kier alpha value is -1.89. The molecule has 0 saturated carbocycles. The predicted molar refractivity (Wildman–Crippen MR) is 63.5 cm³/mol. The van der Waals surface area contributed by atoms with Gasteiger partial charge >= 0.3 is 5.97 Å². The minimum Gasteiger partial charge on any atom is -0.481 e. The van der Waals surface area contributed by atoms with Gasteiger partial charge in [0.1, 0.15) is 0 Å². The Morgan fingerprint density at radius 3 is 3.11 bits per heavy atom. The highest BCUT2D eigenvalue weighted by Gasteiger charge is 2.29. The number of anilines is 1. The van der Waals surface area contributed by atoms with E-state index in [1.54, 1.807) is 4.90 Å². The average Bonchev–Trinajstić information content (AvgIpc) is 2.78. The summed E-state index contributed by atoms with van der Waals surface area (Å²) in [5.41, 5.74) is 0.279. The largest absolute Gasteiger partial charge is 0.481 e. The van der Waals surface area contributed by atoms with Crippen LogP contribution in [0.3, 0.4) is 0 Å². The van der Waals surface area contributed by atoms with Crippen molar-refractivity contribution in [1.82, 2.24) is 9.97 Å². The number of carboxylic acid groups (broad SMARTS) is 1. The average molecular weight is 253 g/mol. The number of methoxy groups -OCH3 is 1. The Morgan fingerprint density at radius 2 is 2.50 bits per heavy atom. The van der Waals surface area contributed by atoms with Gasteiger partial charge in [0.05, 0.1) is 18.2 Å². The number of ether oxygens (including phenoxy) is 1. The first-order valence-corrected chi connectivity index (χ1v) is 5.67. The van der Waals surface area contributed by atoms with Crippen molar-refractivity contribution in [1.29, 1.82) is 0 Å². The van der Waals surface area contributed by atoms with Gasteiger partial charge in [-0.3, -0.25) is 14.6 Å². The normalized spacial score (nSPS) is 19.2. The van der Waals surface area contributed by atoms with E-state index in [1.807, 2.05) is 0 Å². The first-order chi connectivity index (χ1) is 8.60. The molecule has 0 spiro atoms. The van der Waals surface area contributed by atoms with Gasteiger partial charge in [-0.05, 0) is 6.42 Å². The van der Waals surface area contributed by atoms with Gasteiger partial charge in [0.2, 0.25) is 5.95 Å². The Labute approximate surface area is 103 Å². The van der Waals surface area contributed by atoms with E-state index in [0.717, 1.165) is 0 Å². The van der Waals surface area contributed by atoms with Crippen LogP contribution in [0.2, 0.25) is 0 Å². The molecule has 98 valence electrons. The van der Waals surface area contributed by atoms with E-state index in [-0.39, 0.29) is 12.2 Å². The molecule has 2 heterocycles. The Bertz CT molecular complexity index is 499. The minimum absolute atomic E-state index is 0.257. The van der Waals surface area contributed by atoms with Crippen molar-refractivity contribution < 1.29 is 14.6 Å². The second kappa shape index (κ2) is 5.18. The third-order valence-electron chi connectivity index (χ3n) is 2.91. The molecule has 7 heteroatoms. The molecule has 1 atom stereocenters. The summed E-state index contributed by atoms with van der Waals surface area (Å²) in [6.45, 7) is 1.21. The van der Waals surface area contributed by atoms with Crippen molar-refractivity contribution in [3.05, 3.63) is 22.1 Å². The number of hydrogen-bond donors (Lipinski definition) is 2. The molecule has 7 nitrogen and oxygen atoms in total. The summed E-state index contributed by atoms with van der Waals surface area (Å²) in [5, 5.41) is 8.93. The van der Waals surface area contributed by atoms with Crippen LogP contribution >= 0.6 is 0 Å². The number of aromatic amines is 1. The SMILES string of the molecule is COCc1cc(=O)[nH]c(N2CCC(C(=O)O)C2)n1. The lowest BCUT2D eigenvalue weighted by Gasteiger charge is -2.16. The van der Waals surface area contributed by atoms with Crippen molar-refractivity contribution in [2.45, 2.75) is 13.0 Å². The van der Waals surface area contributed by atoms with Gasteiger partial charge in [0, 0.05) is 26.3 Å². The van der Waals surface area contributed by atoms with Crippen LogP contribution in [-0.4, -0.2) is 41.2 Å². The van der Waals surface area contributed by atoms with Crippen LogP contribution in [0.1, 0.15) is 12.1 Å². The Morgan fingerprint density at radius 1 is 1.72 bits per heavy atom. The van der Waals surface area contributed by atoms with Gasteiger partial charge in [0.15, 0.2) is 0 Å². The fourth-order valence-electron chi connectivity index (χ4n) is 2.02. The molecule has 18 heavy (non-hydrogen) atoms. The van der Waals surface area contributed by atoms with Crippen molar-refractivity contribution >= 4 is 11.9 Å². The van der Waals surface area contributed by atoms with E-state index in [9.17, 15) is 9.59 Å². The number of nitrogens with one attached hydrogen (secondary N) is 1. The van der Waals surface area contributed by atoms with Crippen LogP contribution in [0.25, 0.3) is 0 Å². The smallest absolute Gasteiger partial charge is 0.308 e. The Balaban J connectivity index is 2.19. The number of carbonyl (C=O) groups is 1. The summed E-state index contributed by atoms with van der Waals surface area (Å²) < 4.78 is 4.93. The molecular formula is C11H15N3O4. The standard InChI is InChI=1S/C11H15N3O4/c1-18-6-8-4-9(15)13-11(12-8)14-3-2-7(5-14)10(16)17/h4,7H,2-3,5-6H2,1H3,(H,16,17)(H,12,13,15). The molecule has 1 aromatic rings. The number of nitrogens with zero attached hydrogens (tertiary/aromatic N) is 2. The van der Waals surface area contributed by atoms with Crippen LogP contribution < -0.4 is 10.5 Å². The van der Waals surface area contributed by atoms with Gasteiger partial charge in [-0.15, -0.1) is 0 Å². The fraction of sp³-hybridized carbons (Fsp3) is 0.545. The van der Waals surface area contributed by atoms with Crippen molar-refractivity contribution in [2.75, 3.05) is 25.1 Å². The molecule has 0 aliphatic carbocycles. The van der Waals surface area contributed by atoms with E-state index >= 15 is 0 Å². The summed E-state index contributed by atoms with van der Waals surface area (Å²) >= 11 is 0. The minimum atomic E-state index is -0.812. The highest BCUT2D eigenvalue weighted by molar-refractivity contribution is 5.71. The molecule has 0 radical (unpaired) electrons. The Kier molecular flexibility index (Phi) is 3.61. The summed E-state index contributed by atoms with van der Waals surface area (Å²) in [7, 11) is 1.53. The monoisotopic (exact) mass is 253 g/mol. The van der Waals surface area contributed by atoms with E-state index in [2.05, 4.69) is 9.97 Å². The third kappa shape index (κ3) is 2.67. The van der Waals surface area contributed by atoms with Crippen LogP contribution in [0.5, 0.6) is 0 Å². The van der Waals surface area contributed by atoms with Gasteiger partial charge in [0.25, 0.3) is 5.56 Å². The second-order valence-electron chi connectivity index (χ2n) is 4.26. The maximum absolute atomic E-state index is 11.5. The third-order valence-corrected chi connectivity index (χ3v) is 2.91. The number of aromatic nitrogens is 2. The first kappa shape index (κ1) is 12.6. The molecule has 1 aliphatic rings. The summed E-state index contributed by atoms with van der Waals surface area (Å²) in [6.07, 6.45) is 0.563. The predicted octanol–water partition coefficient (Wildman–Crippen LogP) is -0.173. The maximum atomic E-state index is 11.5. The highest BCUT2D eigenvalue weighted by Crippen LogP contribution is 2.20. The van der Waals surface area contributed by atoms with Gasteiger partial charge < -0.3 is 14.7 Å². The van der Waals surface area contributed by atoms with Crippen molar-refractivity contribution in [2.24, 2.45) is 5.92 Å². The molecule has 2 N–H and O–H groups in total. The molecule has 0 bridgehead atoms. The van der Waals surface area contributed by atoms with E-state index in [1.165, 1.54) is 13.2 Å². The zero-order valence-corrected chi connectivity index (χ0v) is 10.0. The molecule has 0 amide bonds. The lowest BCUT2D eigenvalue weighted by molar-refractivity contribution is -0.140. The number of rotatable bonds is 4. The number of hydrogen-bond acceptors (Lipinski definition) is 5.